The number of carbonyl (C=O) groups excluding carboxylic acids is 1. The second-order valence-corrected chi connectivity index (χ2v) is 8.42. The maximum absolute atomic E-state index is 13.2. The number of rotatable bonds is 9. The van der Waals surface area contributed by atoms with Crippen LogP contribution in [0.4, 0.5) is 4.39 Å². The number of carbonyl (C=O) groups is 1. The zero-order chi connectivity index (χ0) is 22.3. The van der Waals surface area contributed by atoms with E-state index in [1.165, 1.54) is 23.1 Å². The fourth-order valence-corrected chi connectivity index (χ4v) is 4.13. The number of halogens is 1. The summed E-state index contributed by atoms with van der Waals surface area (Å²) in [6.45, 7) is 2.74. The summed E-state index contributed by atoms with van der Waals surface area (Å²) in [6.07, 6.45) is 5.15. The number of aryl methyl sites for hydroxylation is 2. The summed E-state index contributed by atoms with van der Waals surface area (Å²) in [5.74, 6) is -0.142. The molecule has 32 heavy (non-hydrogen) atoms. The molecule has 1 amide bonds. The van der Waals surface area contributed by atoms with Crippen molar-refractivity contribution in [1.82, 2.24) is 9.88 Å². The second-order valence-electron chi connectivity index (χ2n) is 8.42. The average Bonchev–Trinajstić information content (AvgIpc) is 3.16. The third-order valence-electron chi connectivity index (χ3n) is 5.87. The molecule has 0 fully saturated rings. The molecule has 0 saturated carbocycles. The van der Waals surface area contributed by atoms with Gasteiger partial charge in [-0.25, -0.2) is 4.39 Å². The molecule has 4 aromatic rings. The lowest BCUT2D eigenvalue weighted by Gasteiger charge is -2.14. The maximum atomic E-state index is 13.2. The quantitative estimate of drug-likeness (QED) is 0.354. The lowest BCUT2D eigenvalue weighted by molar-refractivity contribution is -0.121. The van der Waals surface area contributed by atoms with Crippen LogP contribution in [0.3, 0.4) is 0 Å². The molecule has 164 valence electrons. The zero-order valence-corrected chi connectivity index (χ0v) is 18.4. The number of hydrogen-bond acceptors (Lipinski definition) is 1. The van der Waals surface area contributed by atoms with Crippen LogP contribution >= 0.6 is 0 Å². The lowest BCUT2D eigenvalue weighted by Crippen LogP contribution is -2.33. The van der Waals surface area contributed by atoms with Crippen molar-refractivity contribution in [1.29, 1.82) is 0 Å². The molecule has 0 spiro atoms. The van der Waals surface area contributed by atoms with Crippen LogP contribution in [0, 0.1) is 5.82 Å². The van der Waals surface area contributed by atoms with Crippen molar-refractivity contribution in [3.63, 3.8) is 0 Å². The number of benzene rings is 3. The highest BCUT2D eigenvalue weighted by Crippen LogP contribution is 2.24. The molecule has 0 radical (unpaired) electrons. The number of fused-ring (bicyclic) bond motifs is 1. The molecule has 0 aliphatic carbocycles. The molecular formula is C28H29FN2O. The van der Waals surface area contributed by atoms with Crippen LogP contribution in [-0.2, 0) is 24.2 Å². The van der Waals surface area contributed by atoms with Gasteiger partial charge in [0.2, 0.25) is 5.91 Å². The van der Waals surface area contributed by atoms with E-state index >= 15 is 0 Å². The van der Waals surface area contributed by atoms with Gasteiger partial charge in [-0.05, 0) is 61.1 Å². The van der Waals surface area contributed by atoms with Crippen LogP contribution in [-0.4, -0.2) is 16.5 Å². The molecule has 3 aromatic carbocycles. The third kappa shape index (κ3) is 5.64. The average molecular weight is 429 g/mol. The number of nitrogens with one attached hydrogen (secondary N) is 1. The highest BCUT2D eigenvalue weighted by molar-refractivity contribution is 5.85. The Hall–Kier alpha value is -3.40. The first kappa shape index (κ1) is 21.8. The summed E-state index contributed by atoms with van der Waals surface area (Å²) in [5.41, 5.74) is 4.63. The van der Waals surface area contributed by atoms with Crippen molar-refractivity contribution in [2.24, 2.45) is 0 Å². The minimum Gasteiger partial charge on any atom is -0.354 e. The molecule has 0 aliphatic rings. The van der Waals surface area contributed by atoms with Crippen molar-refractivity contribution >= 4 is 16.8 Å². The zero-order valence-electron chi connectivity index (χ0n) is 18.4. The van der Waals surface area contributed by atoms with Crippen LogP contribution in [0.5, 0.6) is 0 Å². The van der Waals surface area contributed by atoms with Crippen molar-refractivity contribution in [3.05, 3.63) is 108 Å². The SMILES string of the molecule is C[C@@H](CCc1ccccc1)NC(=O)CCc1cn(Cc2ccc(F)cc2)c2ccccc12. The molecule has 1 aromatic heterocycles. The van der Waals surface area contributed by atoms with Crippen LogP contribution in [0.25, 0.3) is 10.9 Å². The summed E-state index contributed by atoms with van der Waals surface area (Å²) in [7, 11) is 0. The molecule has 4 rings (SSSR count). The van der Waals surface area contributed by atoms with E-state index in [-0.39, 0.29) is 17.8 Å². The van der Waals surface area contributed by atoms with Gasteiger partial charge in [0.15, 0.2) is 0 Å². The van der Waals surface area contributed by atoms with Gasteiger partial charge in [0.05, 0.1) is 0 Å². The Morgan fingerprint density at radius 2 is 1.62 bits per heavy atom. The fraction of sp³-hybridized carbons (Fsp3) is 0.250. The number of nitrogens with zero attached hydrogens (tertiary/aromatic N) is 1. The van der Waals surface area contributed by atoms with E-state index in [1.807, 2.05) is 42.5 Å². The number of para-hydroxylation sites is 1. The Bertz CT molecular complexity index is 1170. The fourth-order valence-electron chi connectivity index (χ4n) is 4.13. The molecular weight excluding hydrogens is 399 g/mol. The van der Waals surface area contributed by atoms with Crippen molar-refractivity contribution < 1.29 is 9.18 Å². The largest absolute Gasteiger partial charge is 0.354 e. The van der Waals surface area contributed by atoms with E-state index in [4.69, 9.17) is 0 Å². The summed E-state index contributed by atoms with van der Waals surface area (Å²) in [6, 6.07) is 25.4. The molecule has 1 N–H and O–H groups in total. The van der Waals surface area contributed by atoms with E-state index in [0.29, 0.717) is 19.4 Å². The summed E-state index contributed by atoms with van der Waals surface area (Å²) in [4.78, 5) is 12.6. The highest BCUT2D eigenvalue weighted by atomic mass is 19.1. The van der Waals surface area contributed by atoms with Gasteiger partial charge < -0.3 is 9.88 Å². The van der Waals surface area contributed by atoms with Gasteiger partial charge in [0.1, 0.15) is 5.82 Å². The Labute approximate surface area is 188 Å². The number of aromatic nitrogens is 1. The van der Waals surface area contributed by atoms with Crippen molar-refractivity contribution in [3.8, 4) is 0 Å². The summed E-state index contributed by atoms with van der Waals surface area (Å²) < 4.78 is 15.4. The normalized spacial score (nSPS) is 12.1. The summed E-state index contributed by atoms with van der Waals surface area (Å²) in [5, 5.41) is 4.31. The maximum Gasteiger partial charge on any atom is 0.220 e. The van der Waals surface area contributed by atoms with Crippen LogP contribution < -0.4 is 5.32 Å². The predicted molar refractivity (Wildman–Crippen MR) is 128 cm³/mol. The molecule has 3 nitrogen and oxygen atoms in total. The minimum atomic E-state index is -0.226. The first-order valence-electron chi connectivity index (χ1n) is 11.2. The molecule has 1 heterocycles. The standard InChI is InChI=1S/C28H29FN2O/c1-21(11-12-22-7-3-2-4-8-22)30-28(32)18-15-24-20-31(27-10-6-5-9-26(24)27)19-23-13-16-25(29)17-14-23/h2-10,13-14,16-17,20-21H,11-12,15,18-19H2,1H3,(H,30,32)/t21-/m0/s1. The van der Waals surface area contributed by atoms with Crippen molar-refractivity contribution in [2.45, 2.75) is 45.2 Å². The summed E-state index contributed by atoms with van der Waals surface area (Å²) >= 11 is 0. The molecule has 0 saturated heterocycles. The van der Waals surface area contributed by atoms with E-state index in [0.717, 1.165) is 29.5 Å². The topological polar surface area (TPSA) is 34.0 Å². The monoisotopic (exact) mass is 428 g/mol. The lowest BCUT2D eigenvalue weighted by atomic mass is 10.1. The molecule has 0 unspecified atom stereocenters. The van der Waals surface area contributed by atoms with Gasteiger partial charge in [-0.3, -0.25) is 4.79 Å². The number of amides is 1. The first-order valence-corrected chi connectivity index (χ1v) is 11.2. The van der Waals surface area contributed by atoms with Crippen LogP contribution in [0.2, 0.25) is 0 Å². The molecule has 0 bridgehead atoms. The Kier molecular flexibility index (Phi) is 7.00. The number of hydrogen-bond donors (Lipinski definition) is 1. The van der Waals surface area contributed by atoms with Gasteiger partial charge in [-0.1, -0.05) is 60.7 Å². The van der Waals surface area contributed by atoms with E-state index in [2.05, 4.69) is 47.3 Å². The van der Waals surface area contributed by atoms with Gasteiger partial charge >= 0.3 is 0 Å². The van der Waals surface area contributed by atoms with Gasteiger partial charge in [-0.2, -0.15) is 0 Å². The van der Waals surface area contributed by atoms with Gasteiger partial charge in [0, 0.05) is 36.1 Å². The Morgan fingerprint density at radius 1 is 0.906 bits per heavy atom. The molecule has 4 heteroatoms. The second kappa shape index (κ2) is 10.3. The molecule has 0 aliphatic heterocycles. The smallest absolute Gasteiger partial charge is 0.220 e. The third-order valence-corrected chi connectivity index (χ3v) is 5.87. The van der Waals surface area contributed by atoms with E-state index in [1.54, 1.807) is 0 Å². The predicted octanol–water partition coefficient (Wildman–Crippen LogP) is 5.90. The molecule has 1 atom stereocenters. The van der Waals surface area contributed by atoms with Crippen molar-refractivity contribution in [2.75, 3.05) is 0 Å². The Balaban J connectivity index is 1.36. The highest BCUT2D eigenvalue weighted by Gasteiger charge is 2.12. The van der Waals surface area contributed by atoms with Gasteiger partial charge in [-0.15, -0.1) is 0 Å². The van der Waals surface area contributed by atoms with Crippen LogP contribution in [0.15, 0.2) is 85.1 Å². The van der Waals surface area contributed by atoms with E-state index in [9.17, 15) is 9.18 Å². The van der Waals surface area contributed by atoms with Crippen LogP contribution in [0.1, 0.15) is 36.5 Å². The Morgan fingerprint density at radius 3 is 2.41 bits per heavy atom. The minimum absolute atomic E-state index is 0.0842. The van der Waals surface area contributed by atoms with E-state index < -0.39 is 0 Å². The van der Waals surface area contributed by atoms with Gasteiger partial charge in [0.25, 0.3) is 0 Å². The first-order chi connectivity index (χ1) is 15.6.